The molecule has 0 heterocycles. The van der Waals surface area contributed by atoms with Crippen molar-refractivity contribution in [1.29, 1.82) is 0 Å². The number of rotatable bonds is 65. The number of phosphoric ester groups is 2. The summed E-state index contributed by atoms with van der Waals surface area (Å²) in [5.41, 5.74) is 0. The Labute approximate surface area is 530 Å². The van der Waals surface area contributed by atoms with Crippen molar-refractivity contribution in [3.05, 3.63) is 0 Å². The molecule has 0 aliphatic rings. The minimum atomic E-state index is -4.95. The van der Waals surface area contributed by atoms with Gasteiger partial charge in [0, 0.05) is 25.7 Å². The number of carbonyl (C=O) groups excluding carboxylic acids is 4. The lowest BCUT2D eigenvalue weighted by Crippen LogP contribution is -2.30. The fourth-order valence-corrected chi connectivity index (χ4v) is 11.7. The average Bonchev–Trinajstić information content (AvgIpc) is 3.68. The van der Waals surface area contributed by atoms with Crippen LogP contribution in [0, 0.1) is 23.7 Å². The molecule has 17 nitrogen and oxygen atoms in total. The highest BCUT2D eigenvalue weighted by molar-refractivity contribution is 7.47. The van der Waals surface area contributed by atoms with Crippen molar-refractivity contribution in [3.8, 4) is 0 Å². The van der Waals surface area contributed by atoms with Gasteiger partial charge in [0.25, 0.3) is 0 Å². The SMILES string of the molecule is CCC(C)CCCCCCCCCCCCC(=O)O[C@H](COC(=O)CCCCCCCCC(C)C)COP(=O)(O)OCC(O)COP(=O)(O)OC[C@@H](COC(=O)CCCCCCCCCCC(C)C)OC(=O)CCCCCCCCCCCCC(C)C. The first-order chi connectivity index (χ1) is 41.6. The summed E-state index contributed by atoms with van der Waals surface area (Å²) in [6, 6.07) is 0. The zero-order valence-corrected chi connectivity index (χ0v) is 58.4. The fourth-order valence-electron chi connectivity index (χ4n) is 10.1. The standard InChI is InChI=1S/C68H132O17P2/c1-9-61(8)47-39-31-22-15-11-13-17-25-35-43-51-68(73)85-64(55-79-66(71)49-41-33-27-26-30-38-46-60(6)7)57-83-87(76,77)81-53-62(69)52-80-86(74,75)82-56-63(54-78-65(70)48-40-32-23-19-18-21-29-37-45-59(4)5)84-67(72)50-42-34-24-16-12-10-14-20-28-36-44-58(2)3/h58-64,69H,9-57H2,1-8H3,(H,74,75)(H,76,77)/t61?,62?,63-,64-/m1/s1. The molecule has 0 rings (SSSR count). The number of ether oxygens (including phenoxy) is 4. The van der Waals surface area contributed by atoms with Crippen LogP contribution >= 0.6 is 15.6 Å². The van der Waals surface area contributed by atoms with E-state index in [4.69, 9.17) is 37.0 Å². The van der Waals surface area contributed by atoms with Gasteiger partial charge in [-0.2, -0.15) is 0 Å². The van der Waals surface area contributed by atoms with Crippen molar-refractivity contribution in [2.45, 2.75) is 350 Å². The molecule has 0 aliphatic carbocycles. The van der Waals surface area contributed by atoms with Gasteiger partial charge in [-0.1, -0.05) is 280 Å². The lowest BCUT2D eigenvalue weighted by atomic mass is 9.99. The molecular weight excluding hydrogens is 1150 g/mol. The third-order valence-electron chi connectivity index (χ3n) is 15.9. The van der Waals surface area contributed by atoms with E-state index >= 15 is 0 Å². The largest absolute Gasteiger partial charge is 0.472 e. The first-order valence-corrected chi connectivity index (χ1v) is 38.2. The molecule has 0 bridgehead atoms. The zero-order valence-electron chi connectivity index (χ0n) is 56.6. The molecule has 0 aromatic heterocycles. The maximum atomic E-state index is 13.0. The molecule has 87 heavy (non-hydrogen) atoms. The maximum Gasteiger partial charge on any atom is 0.472 e. The minimum Gasteiger partial charge on any atom is -0.462 e. The first kappa shape index (κ1) is 85.1. The third kappa shape index (κ3) is 61.3. The Morgan fingerprint density at radius 2 is 0.552 bits per heavy atom. The normalized spacial score (nSPS) is 14.6. The van der Waals surface area contributed by atoms with E-state index in [-0.39, 0.29) is 25.7 Å². The Balaban J connectivity index is 5.25. The molecule has 0 saturated carbocycles. The molecule has 0 aromatic rings. The molecular formula is C68H132O17P2. The van der Waals surface area contributed by atoms with Crippen molar-refractivity contribution in [1.82, 2.24) is 0 Å². The second kappa shape index (κ2) is 57.9. The number of aliphatic hydroxyl groups excluding tert-OH is 1. The average molecular weight is 1280 g/mol. The van der Waals surface area contributed by atoms with Gasteiger partial charge in [0.2, 0.25) is 0 Å². The van der Waals surface area contributed by atoms with Crippen LogP contribution in [0.2, 0.25) is 0 Å². The summed E-state index contributed by atoms with van der Waals surface area (Å²) < 4.78 is 68.2. The highest BCUT2D eigenvalue weighted by atomic mass is 31.2. The van der Waals surface area contributed by atoms with E-state index in [1.807, 2.05) is 0 Å². The van der Waals surface area contributed by atoms with E-state index in [2.05, 4.69) is 55.4 Å². The number of hydrogen-bond donors (Lipinski definition) is 3. The van der Waals surface area contributed by atoms with Crippen molar-refractivity contribution >= 4 is 39.5 Å². The fraction of sp³-hybridized carbons (Fsp3) is 0.941. The minimum absolute atomic E-state index is 0.104. The predicted molar refractivity (Wildman–Crippen MR) is 349 cm³/mol. The molecule has 516 valence electrons. The van der Waals surface area contributed by atoms with Crippen molar-refractivity contribution in [3.63, 3.8) is 0 Å². The summed E-state index contributed by atoms with van der Waals surface area (Å²) in [5.74, 6) is 0.826. The second-order valence-electron chi connectivity index (χ2n) is 26.2. The molecule has 0 saturated heterocycles. The Bertz CT molecular complexity index is 1730. The molecule has 0 radical (unpaired) electrons. The molecule has 0 spiro atoms. The van der Waals surface area contributed by atoms with Gasteiger partial charge < -0.3 is 33.8 Å². The van der Waals surface area contributed by atoms with Crippen LogP contribution in [-0.4, -0.2) is 96.7 Å². The molecule has 0 aliphatic heterocycles. The van der Waals surface area contributed by atoms with Crippen LogP contribution in [0.3, 0.4) is 0 Å². The predicted octanol–water partition coefficient (Wildman–Crippen LogP) is 18.9. The Hall–Kier alpha value is -1.94. The zero-order chi connectivity index (χ0) is 64.7. The highest BCUT2D eigenvalue weighted by Crippen LogP contribution is 2.45. The number of hydrogen-bond acceptors (Lipinski definition) is 15. The van der Waals surface area contributed by atoms with Crippen LogP contribution in [-0.2, 0) is 65.4 Å². The summed E-state index contributed by atoms with van der Waals surface area (Å²) >= 11 is 0. The Morgan fingerprint density at radius 1 is 0.322 bits per heavy atom. The van der Waals surface area contributed by atoms with Crippen LogP contribution in [0.1, 0.15) is 331 Å². The molecule has 0 amide bonds. The monoisotopic (exact) mass is 1280 g/mol. The number of esters is 4. The molecule has 19 heteroatoms. The van der Waals surface area contributed by atoms with Gasteiger partial charge in [-0.15, -0.1) is 0 Å². The van der Waals surface area contributed by atoms with E-state index in [0.717, 1.165) is 114 Å². The quantitative estimate of drug-likeness (QED) is 0.0222. The number of carbonyl (C=O) groups is 4. The summed E-state index contributed by atoms with van der Waals surface area (Å²) in [4.78, 5) is 72.4. The van der Waals surface area contributed by atoms with Gasteiger partial charge >= 0.3 is 39.5 Å². The van der Waals surface area contributed by atoms with Crippen molar-refractivity contribution in [2.75, 3.05) is 39.6 Å². The van der Waals surface area contributed by atoms with E-state index < -0.39 is 97.5 Å². The van der Waals surface area contributed by atoms with Crippen LogP contribution in [0.5, 0.6) is 0 Å². The highest BCUT2D eigenvalue weighted by Gasteiger charge is 2.30. The summed E-state index contributed by atoms with van der Waals surface area (Å²) in [6.07, 6.45) is 39.0. The van der Waals surface area contributed by atoms with Crippen LogP contribution < -0.4 is 0 Å². The van der Waals surface area contributed by atoms with Crippen LogP contribution in [0.25, 0.3) is 0 Å². The number of aliphatic hydroxyl groups is 1. The smallest absolute Gasteiger partial charge is 0.462 e. The van der Waals surface area contributed by atoms with E-state index in [9.17, 15) is 43.2 Å². The molecule has 0 aromatic carbocycles. The molecule has 6 atom stereocenters. The lowest BCUT2D eigenvalue weighted by Gasteiger charge is -2.21. The second-order valence-corrected chi connectivity index (χ2v) is 29.1. The third-order valence-corrected chi connectivity index (χ3v) is 17.8. The Kier molecular flexibility index (Phi) is 56.6. The van der Waals surface area contributed by atoms with Gasteiger partial charge in [-0.25, -0.2) is 9.13 Å². The van der Waals surface area contributed by atoms with Crippen LogP contribution in [0.4, 0.5) is 0 Å². The van der Waals surface area contributed by atoms with Gasteiger partial charge in [0.1, 0.15) is 19.3 Å². The van der Waals surface area contributed by atoms with Crippen molar-refractivity contribution in [2.24, 2.45) is 23.7 Å². The van der Waals surface area contributed by atoms with Gasteiger partial charge in [-0.05, 0) is 49.4 Å². The lowest BCUT2D eigenvalue weighted by molar-refractivity contribution is -0.161. The molecule has 0 fully saturated rings. The van der Waals surface area contributed by atoms with Crippen molar-refractivity contribution < 1.29 is 80.2 Å². The Morgan fingerprint density at radius 3 is 0.816 bits per heavy atom. The molecule has 4 unspecified atom stereocenters. The first-order valence-electron chi connectivity index (χ1n) is 35.2. The van der Waals surface area contributed by atoms with E-state index in [0.29, 0.717) is 31.6 Å². The number of phosphoric acid groups is 2. The van der Waals surface area contributed by atoms with Gasteiger partial charge in [0.05, 0.1) is 26.4 Å². The summed E-state index contributed by atoms with van der Waals surface area (Å²) in [7, 11) is -9.90. The van der Waals surface area contributed by atoms with Gasteiger partial charge in [0.15, 0.2) is 12.2 Å². The summed E-state index contributed by atoms with van der Waals surface area (Å²) in [5, 5.41) is 10.6. The number of unbranched alkanes of at least 4 members (excludes halogenated alkanes) is 30. The summed E-state index contributed by atoms with van der Waals surface area (Å²) in [6.45, 7) is 14.0. The maximum absolute atomic E-state index is 13.0. The van der Waals surface area contributed by atoms with Gasteiger partial charge in [-0.3, -0.25) is 37.3 Å². The van der Waals surface area contributed by atoms with E-state index in [1.54, 1.807) is 0 Å². The molecule has 3 N–H and O–H groups in total. The van der Waals surface area contributed by atoms with E-state index in [1.165, 1.54) is 128 Å². The topological polar surface area (TPSA) is 237 Å². The van der Waals surface area contributed by atoms with Crippen LogP contribution in [0.15, 0.2) is 0 Å².